The van der Waals surface area contributed by atoms with Crippen molar-refractivity contribution in [3.05, 3.63) is 39.9 Å². The maximum atomic E-state index is 6.19. The van der Waals surface area contributed by atoms with Crippen LogP contribution < -0.4 is 10.6 Å². The highest BCUT2D eigenvalue weighted by molar-refractivity contribution is 7.15. The van der Waals surface area contributed by atoms with E-state index in [0.717, 1.165) is 24.5 Å². The summed E-state index contributed by atoms with van der Waals surface area (Å²) in [6.07, 6.45) is 2.87. The highest BCUT2D eigenvalue weighted by Crippen LogP contribution is 2.34. The molecular formula is C12H12ClN3S. The molecule has 0 bridgehead atoms. The molecule has 0 aliphatic carbocycles. The second-order valence-electron chi connectivity index (χ2n) is 4.07. The lowest BCUT2D eigenvalue weighted by atomic mass is 10.2. The van der Waals surface area contributed by atoms with E-state index in [0.29, 0.717) is 5.13 Å². The van der Waals surface area contributed by atoms with Crippen LogP contribution in [0.15, 0.2) is 24.4 Å². The van der Waals surface area contributed by atoms with Crippen LogP contribution in [0.3, 0.4) is 0 Å². The number of nitrogens with zero attached hydrogens (tertiary/aromatic N) is 2. The maximum absolute atomic E-state index is 6.19. The van der Waals surface area contributed by atoms with Crippen LogP contribution >= 0.6 is 22.9 Å². The maximum Gasteiger partial charge on any atom is 0.180 e. The normalized spacial score (nSPS) is 14.1. The Bertz CT molecular complexity index is 552. The largest absolute Gasteiger partial charge is 0.375 e. The summed E-state index contributed by atoms with van der Waals surface area (Å²) >= 11 is 7.73. The van der Waals surface area contributed by atoms with E-state index in [9.17, 15) is 0 Å². The number of aromatic nitrogens is 1. The first-order valence-corrected chi connectivity index (χ1v) is 6.66. The molecule has 0 atom stereocenters. The van der Waals surface area contributed by atoms with Crippen LogP contribution in [0.2, 0.25) is 5.02 Å². The van der Waals surface area contributed by atoms with Crippen LogP contribution in [0.5, 0.6) is 0 Å². The van der Waals surface area contributed by atoms with Crippen LogP contribution in [-0.4, -0.2) is 11.5 Å². The van der Waals surface area contributed by atoms with Crippen molar-refractivity contribution in [1.82, 2.24) is 4.98 Å². The number of benzene rings is 1. The topological polar surface area (TPSA) is 42.1 Å². The lowest BCUT2D eigenvalue weighted by molar-refractivity contribution is 0.844. The molecule has 0 fully saturated rings. The van der Waals surface area contributed by atoms with Crippen molar-refractivity contribution < 1.29 is 0 Å². The quantitative estimate of drug-likeness (QED) is 0.908. The molecule has 0 spiro atoms. The van der Waals surface area contributed by atoms with E-state index in [1.807, 2.05) is 18.3 Å². The molecule has 0 unspecified atom stereocenters. The molecule has 17 heavy (non-hydrogen) atoms. The Morgan fingerprint density at radius 3 is 3.12 bits per heavy atom. The van der Waals surface area contributed by atoms with Gasteiger partial charge in [0.25, 0.3) is 0 Å². The third kappa shape index (κ3) is 1.98. The highest BCUT2D eigenvalue weighted by Gasteiger charge is 2.21. The molecule has 1 aliphatic rings. The SMILES string of the molecule is Nc1ncc(CN2CCc3c(Cl)cccc32)s1. The fraction of sp³-hybridized carbons (Fsp3) is 0.250. The minimum absolute atomic E-state index is 0.630. The zero-order chi connectivity index (χ0) is 11.8. The van der Waals surface area contributed by atoms with Crippen molar-refractivity contribution in [2.75, 3.05) is 17.2 Å². The zero-order valence-corrected chi connectivity index (χ0v) is 10.8. The molecule has 5 heteroatoms. The molecule has 1 aromatic carbocycles. The molecule has 0 saturated heterocycles. The molecule has 2 aromatic rings. The number of anilines is 2. The molecule has 0 radical (unpaired) electrons. The van der Waals surface area contributed by atoms with Crippen LogP contribution in [0.4, 0.5) is 10.8 Å². The number of hydrogen-bond acceptors (Lipinski definition) is 4. The van der Waals surface area contributed by atoms with Gasteiger partial charge in [-0.25, -0.2) is 4.98 Å². The van der Waals surface area contributed by atoms with E-state index in [1.165, 1.54) is 16.1 Å². The van der Waals surface area contributed by atoms with Gasteiger partial charge in [0, 0.05) is 28.3 Å². The Balaban J connectivity index is 1.86. The summed E-state index contributed by atoms with van der Waals surface area (Å²) in [5.41, 5.74) is 8.14. The first-order valence-electron chi connectivity index (χ1n) is 5.46. The number of rotatable bonds is 2. The van der Waals surface area contributed by atoms with Gasteiger partial charge in [-0.05, 0) is 24.1 Å². The van der Waals surface area contributed by atoms with Gasteiger partial charge >= 0.3 is 0 Å². The van der Waals surface area contributed by atoms with Gasteiger partial charge < -0.3 is 10.6 Å². The van der Waals surface area contributed by atoms with E-state index < -0.39 is 0 Å². The second-order valence-corrected chi connectivity index (χ2v) is 5.63. The molecule has 3 nitrogen and oxygen atoms in total. The molecule has 3 rings (SSSR count). The third-order valence-corrected chi connectivity index (χ3v) is 4.15. The number of halogens is 1. The summed E-state index contributed by atoms with van der Waals surface area (Å²) in [7, 11) is 0. The molecule has 2 heterocycles. The molecule has 0 amide bonds. The number of nitrogen functional groups attached to an aromatic ring is 1. The van der Waals surface area contributed by atoms with Gasteiger partial charge in [0.1, 0.15) is 0 Å². The number of thiazole rings is 1. The van der Waals surface area contributed by atoms with Crippen LogP contribution in [0.25, 0.3) is 0 Å². The average Bonchev–Trinajstić information content (AvgIpc) is 2.88. The zero-order valence-electron chi connectivity index (χ0n) is 9.19. The number of hydrogen-bond donors (Lipinski definition) is 1. The summed E-state index contributed by atoms with van der Waals surface area (Å²) in [6.45, 7) is 1.87. The summed E-state index contributed by atoms with van der Waals surface area (Å²) in [4.78, 5) is 7.59. The second kappa shape index (κ2) is 4.20. The monoisotopic (exact) mass is 265 g/mol. The summed E-state index contributed by atoms with van der Waals surface area (Å²) in [6, 6.07) is 6.08. The fourth-order valence-electron chi connectivity index (χ4n) is 2.21. The smallest absolute Gasteiger partial charge is 0.180 e. The standard InChI is InChI=1S/C12H12ClN3S/c13-10-2-1-3-11-9(10)4-5-16(11)7-8-6-15-12(14)17-8/h1-3,6H,4-5,7H2,(H2,14,15). The predicted molar refractivity (Wildman–Crippen MR) is 72.7 cm³/mol. The molecule has 1 aliphatic heterocycles. The van der Waals surface area contributed by atoms with E-state index in [1.54, 1.807) is 11.3 Å². The molecular weight excluding hydrogens is 254 g/mol. The van der Waals surface area contributed by atoms with Crippen molar-refractivity contribution >= 4 is 33.8 Å². The van der Waals surface area contributed by atoms with Crippen molar-refractivity contribution in [3.63, 3.8) is 0 Å². The van der Waals surface area contributed by atoms with Crippen LogP contribution in [-0.2, 0) is 13.0 Å². The summed E-state index contributed by atoms with van der Waals surface area (Å²) < 4.78 is 0. The van der Waals surface area contributed by atoms with Crippen molar-refractivity contribution in [1.29, 1.82) is 0 Å². The van der Waals surface area contributed by atoms with Gasteiger partial charge in [-0.3, -0.25) is 0 Å². The Kier molecular flexibility index (Phi) is 2.68. The van der Waals surface area contributed by atoms with Crippen LogP contribution in [0.1, 0.15) is 10.4 Å². The Labute approximate surface area is 109 Å². The van der Waals surface area contributed by atoms with Crippen molar-refractivity contribution in [2.45, 2.75) is 13.0 Å². The Morgan fingerprint density at radius 2 is 2.35 bits per heavy atom. The van der Waals surface area contributed by atoms with E-state index in [4.69, 9.17) is 17.3 Å². The molecule has 88 valence electrons. The van der Waals surface area contributed by atoms with Gasteiger partial charge in [-0.1, -0.05) is 17.7 Å². The van der Waals surface area contributed by atoms with E-state index >= 15 is 0 Å². The molecule has 1 aromatic heterocycles. The Morgan fingerprint density at radius 1 is 1.47 bits per heavy atom. The average molecular weight is 266 g/mol. The Hall–Kier alpha value is -1.26. The minimum atomic E-state index is 0.630. The van der Waals surface area contributed by atoms with Crippen molar-refractivity contribution in [3.8, 4) is 0 Å². The van der Waals surface area contributed by atoms with Gasteiger partial charge in [0.2, 0.25) is 0 Å². The number of nitrogens with two attached hydrogens (primary N) is 1. The molecule has 2 N–H and O–H groups in total. The lowest BCUT2D eigenvalue weighted by Crippen LogP contribution is -2.18. The van der Waals surface area contributed by atoms with Gasteiger partial charge in [0.15, 0.2) is 5.13 Å². The van der Waals surface area contributed by atoms with Gasteiger partial charge in [-0.2, -0.15) is 0 Å². The predicted octanol–water partition coefficient (Wildman–Crippen LogP) is 2.94. The van der Waals surface area contributed by atoms with Crippen LogP contribution in [0, 0.1) is 0 Å². The first-order chi connectivity index (χ1) is 8.24. The van der Waals surface area contributed by atoms with Crippen molar-refractivity contribution in [2.24, 2.45) is 0 Å². The first kappa shape index (κ1) is 10.9. The van der Waals surface area contributed by atoms with E-state index in [-0.39, 0.29) is 0 Å². The summed E-state index contributed by atoms with van der Waals surface area (Å²) in [5, 5.41) is 1.50. The van der Waals surface area contributed by atoms with Gasteiger partial charge in [-0.15, -0.1) is 11.3 Å². The van der Waals surface area contributed by atoms with Gasteiger partial charge in [0.05, 0.1) is 6.54 Å². The van der Waals surface area contributed by atoms with E-state index in [2.05, 4.69) is 16.0 Å². The summed E-state index contributed by atoms with van der Waals surface area (Å²) in [5.74, 6) is 0. The highest BCUT2D eigenvalue weighted by atomic mass is 35.5. The number of fused-ring (bicyclic) bond motifs is 1. The third-order valence-electron chi connectivity index (χ3n) is 2.98. The minimum Gasteiger partial charge on any atom is -0.375 e. The lowest BCUT2D eigenvalue weighted by Gasteiger charge is -2.18. The molecule has 0 saturated carbocycles. The fourth-order valence-corrected chi connectivity index (χ4v) is 3.17.